The summed E-state index contributed by atoms with van der Waals surface area (Å²) in [5.74, 6) is 0.0984. The minimum Gasteiger partial charge on any atom is -0.493 e. The van der Waals surface area contributed by atoms with Crippen LogP contribution in [-0.2, 0) is 12.0 Å². The first-order valence-corrected chi connectivity index (χ1v) is 18.2. The van der Waals surface area contributed by atoms with E-state index in [0.29, 0.717) is 54.4 Å². The van der Waals surface area contributed by atoms with Crippen LogP contribution in [0.1, 0.15) is 53.6 Å². The Balaban J connectivity index is 1.06. The van der Waals surface area contributed by atoms with Crippen molar-refractivity contribution >= 4 is 22.9 Å². The Morgan fingerprint density at radius 2 is 1.70 bits per heavy atom. The van der Waals surface area contributed by atoms with Gasteiger partial charge < -0.3 is 33.9 Å². The maximum Gasteiger partial charge on any atom is 0.254 e. The molecule has 0 aliphatic carbocycles. The Hall–Kier alpha value is -5.23. The van der Waals surface area contributed by atoms with Crippen LogP contribution in [0.4, 0.5) is 14.7 Å². The zero-order valence-electron chi connectivity index (χ0n) is 30.5. The molecule has 3 aromatic carbocycles. The molecule has 4 heterocycles. The van der Waals surface area contributed by atoms with E-state index in [4.69, 9.17) is 19.2 Å². The van der Waals surface area contributed by atoms with Gasteiger partial charge >= 0.3 is 0 Å². The van der Waals surface area contributed by atoms with E-state index >= 15 is 0 Å². The summed E-state index contributed by atoms with van der Waals surface area (Å²) in [7, 11) is 4.55. The smallest absolute Gasteiger partial charge is 0.254 e. The van der Waals surface area contributed by atoms with E-state index in [1.54, 1.807) is 24.4 Å². The van der Waals surface area contributed by atoms with Crippen molar-refractivity contribution in [2.75, 3.05) is 59.4 Å². The average molecular weight is 725 g/mol. The molecule has 2 fully saturated rings. The van der Waals surface area contributed by atoms with Gasteiger partial charge in [0.1, 0.15) is 0 Å². The summed E-state index contributed by atoms with van der Waals surface area (Å²) in [5.41, 5.74) is 3.69. The van der Waals surface area contributed by atoms with Gasteiger partial charge in [-0.05, 0) is 92.2 Å². The minimum absolute atomic E-state index is 0.183. The fourth-order valence-corrected chi connectivity index (χ4v) is 7.98. The number of amides is 1. The first-order valence-electron chi connectivity index (χ1n) is 18.2. The second-order valence-electron chi connectivity index (χ2n) is 14.0. The molecule has 5 aromatic rings. The number of anilines is 1. The fourth-order valence-electron chi connectivity index (χ4n) is 7.98. The number of nitrogens with zero attached hydrogens (tertiary/aromatic N) is 5. The molecule has 1 unspecified atom stereocenters. The summed E-state index contributed by atoms with van der Waals surface area (Å²) in [6.45, 7) is 4.10. The second-order valence-corrected chi connectivity index (χ2v) is 14.0. The highest BCUT2D eigenvalue weighted by molar-refractivity contribution is 5.96. The van der Waals surface area contributed by atoms with Crippen LogP contribution < -0.4 is 19.5 Å². The van der Waals surface area contributed by atoms with Crippen molar-refractivity contribution in [2.45, 2.75) is 50.1 Å². The Morgan fingerprint density at radius 3 is 2.40 bits per heavy atom. The summed E-state index contributed by atoms with van der Waals surface area (Å²) < 4.78 is 47.7. The number of ether oxygens (including phenoxy) is 3. The third kappa shape index (κ3) is 7.64. The molecule has 10 nitrogen and oxygen atoms in total. The van der Waals surface area contributed by atoms with Gasteiger partial charge in [0.05, 0.1) is 38.9 Å². The third-order valence-electron chi connectivity index (χ3n) is 10.9. The average Bonchev–Trinajstić information content (AvgIpc) is 3.54. The Morgan fingerprint density at radius 1 is 0.925 bits per heavy atom. The highest BCUT2D eigenvalue weighted by Crippen LogP contribution is 2.41. The molecule has 53 heavy (non-hydrogen) atoms. The SMILES string of the molecule is COc1cc(C(=O)N2CCCC(CCN3CCC(Nc4nc5ccccc5n4Cc4cccnc4)CC3)(c3ccc(F)c(F)c3)C2)cc(OC)c1OC. The number of likely N-dealkylation sites (tertiary alicyclic amines) is 2. The molecule has 2 aliphatic heterocycles. The summed E-state index contributed by atoms with van der Waals surface area (Å²) >= 11 is 0. The van der Waals surface area contributed by atoms with Gasteiger partial charge in [-0.3, -0.25) is 9.78 Å². The number of piperidine rings is 2. The highest BCUT2D eigenvalue weighted by Gasteiger charge is 2.40. The van der Waals surface area contributed by atoms with Gasteiger partial charge in [0, 0.05) is 55.6 Å². The molecular formula is C41H46F2N6O4. The predicted octanol–water partition coefficient (Wildman–Crippen LogP) is 6.92. The second kappa shape index (κ2) is 15.8. The number of aromatic nitrogens is 3. The lowest BCUT2D eigenvalue weighted by Crippen LogP contribution is -2.50. The van der Waals surface area contributed by atoms with Crippen molar-refractivity contribution < 1.29 is 27.8 Å². The Bertz CT molecular complexity index is 2030. The lowest BCUT2D eigenvalue weighted by Gasteiger charge is -2.45. The van der Waals surface area contributed by atoms with Crippen LogP contribution >= 0.6 is 0 Å². The minimum atomic E-state index is -0.881. The lowest BCUT2D eigenvalue weighted by molar-refractivity contribution is 0.0606. The van der Waals surface area contributed by atoms with Crippen molar-refractivity contribution in [1.29, 1.82) is 0 Å². The summed E-state index contributed by atoms with van der Waals surface area (Å²) in [6, 6.07) is 20.0. The first-order chi connectivity index (χ1) is 25.8. The number of benzene rings is 3. The van der Waals surface area contributed by atoms with E-state index in [2.05, 4.69) is 31.9 Å². The molecule has 0 saturated carbocycles. The van der Waals surface area contributed by atoms with Gasteiger partial charge in [0.2, 0.25) is 11.7 Å². The van der Waals surface area contributed by atoms with E-state index in [9.17, 15) is 13.6 Å². The van der Waals surface area contributed by atoms with Crippen LogP contribution in [0.15, 0.2) is 79.1 Å². The van der Waals surface area contributed by atoms with Gasteiger partial charge in [-0.15, -0.1) is 0 Å². The monoisotopic (exact) mass is 724 g/mol. The Kier molecular flexibility index (Phi) is 10.8. The van der Waals surface area contributed by atoms with E-state index in [1.165, 1.54) is 33.5 Å². The Labute approximate surface area is 308 Å². The number of nitrogens with one attached hydrogen (secondary N) is 1. The number of imidazole rings is 1. The number of hydrogen-bond acceptors (Lipinski definition) is 8. The maximum atomic E-state index is 14.8. The summed E-state index contributed by atoms with van der Waals surface area (Å²) in [6.07, 6.45) is 7.70. The molecule has 2 aliphatic rings. The fraction of sp³-hybridized carbons (Fsp3) is 0.390. The summed E-state index contributed by atoms with van der Waals surface area (Å²) in [5, 5.41) is 3.75. The first kappa shape index (κ1) is 36.1. The summed E-state index contributed by atoms with van der Waals surface area (Å²) in [4.78, 5) is 27.6. The van der Waals surface area contributed by atoms with Crippen LogP contribution in [0.2, 0.25) is 0 Å². The number of carbonyl (C=O) groups excluding carboxylic acids is 1. The van der Waals surface area contributed by atoms with Gasteiger partial charge in [-0.2, -0.15) is 0 Å². The third-order valence-corrected chi connectivity index (χ3v) is 10.9. The number of pyridine rings is 1. The van der Waals surface area contributed by atoms with Crippen LogP contribution in [0, 0.1) is 11.6 Å². The van der Waals surface area contributed by atoms with Gasteiger partial charge in [0.15, 0.2) is 23.1 Å². The molecule has 0 spiro atoms. The van der Waals surface area contributed by atoms with Crippen LogP contribution in [0.3, 0.4) is 0 Å². The van der Waals surface area contributed by atoms with Gasteiger partial charge in [-0.1, -0.05) is 24.3 Å². The van der Waals surface area contributed by atoms with Crippen LogP contribution in [0.5, 0.6) is 17.2 Å². The predicted molar refractivity (Wildman–Crippen MR) is 200 cm³/mol. The van der Waals surface area contributed by atoms with Gasteiger partial charge in [-0.25, -0.2) is 13.8 Å². The maximum absolute atomic E-state index is 14.8. The molecular weight excluding hydrogens is 678 g/mol. The molecule has 1 amide bonds. The molecule has 1 atom stereocenters. The van der Waals surface area contributed by atoms with E-state index in [-0.39, 0.29) is 11.9 Å². The van der Waals surface area contributed by atoms with E-state index in [0.717, 1.165) is 67.9 Å². The molecule has 2 saturated heterocycles. The zero-order chi connectivity index (χ0) is 37.0. The van der Waals surface area contributed by atoms with Gasteiger partial charge in [0.25, 0.3) is 5.91 Å². The number of rotatable bonds is 12. The highest BCUT2D eigenvalue weighted by atomic mass is 19.2. The molecule has 12 heteroatoms. The lowest BCUT2D eigenvalue weighted by atomic mass is 9.71. The molecule has 1 N–H and O–H groups in total. The van der Waals surface area contributed by atoms with Crippen molar-refractivity contribution in [3.05, 3.63) is 107 Å². The number of methoxy groups -OCH3 is 3. The molecule has 0 radical (unpaired) electrons. The van der Waals surface area contributed by atoms with Crippen molar-refractivity contribution in [3.63, 3.8) is 0 Å². The van der Waals surface area contributed by atoms with Crippen LogP contribution in [-0.4, -0.2) is 90.3 Å². The topological polar surface area (TPSA) is 94.0 Å². The normalized spacial score (nSPS) is 18.2. The molecule has 2 aromatic heterocycles. The molecule has 7 rings (SSSR count). The van der Waals surface area contributed by atoms with Crippen molar-refractivity contribution in [1.82, 2.24) is 24.3 Å². The van der Waals surface area contributed by atoms with E-state index < -0.39 is 17.0 Å². The van der Waals surface area contributed by atoms with E-state index in [1.807, 2.05) is 35.4 Å². The van der Waals surface area contributed by atoms with Crippen LogP contribution in [0.25, 0.3) is 11.0 Å². The van der Waals surface area contributed by atoms with Crippen molar-refractivity contribution in [3.8, 4) is 17.2 Å². The molecule has 0 bridgehead atoms. The number of halogens is 2. The quantitative estimate of drug-likeness (QED) is 0.148. The zero-order valence-corrected chi connectivity index (χ0v) is 30.5. The number of fused-ring (bicyclic) bond motifs is 1. The number of carbonyl (C=O) groups is 1. The number of hydrogen-bond donors (Lipinski definition) is 1. The largest absolute Gasteiger partial charge is 0.493 e. The van der Waals surface area contributed by atoms with Crippen molar-refractivity contribution in [2.24, 2.45) is 0 Å². The number of para-hydroxylation sites is 2. The standard InChI is InChI=1S/C41H46F2N6O4/c1-51-36-22-29(23-37(52-2)38(36)53-3)39(50)48-18-7-15-41(27-48,30-11-12-32(42)33(43)24-30)16-21-47-19-13-31(14-20-47)45-40-46-34-9-4-5-10-35(34)49(40)26-28-8-6-17-44-25-28/h4-6,8-12,17,22-25,31H,7,13-16,18-21,26-27H2,1-3H3,(H,45,46). The molecule has 278 valence electrons.